The van der Waals surface area contributed by atoms with Gasteiger partial charge in [-0.3, -0.25) is 4.57 Å². The summed E-state index contributed by atoms with van der Waals surface area (Å²) in [5.74, 6) is 1.57. The third kappa shape index (κ3) is 6.29. The monoisotopic (exact) mass is 573 g/mol. The maximum atomic E-state index is 14.0. The number of sulfone groups is 1. The molecule has 0 bridgehead atoms. The largest absolute Gasteiger partial charge is 0.494 e. The van der Waals surface area contributed by atoms with E-state index < -0.39 is 26.9 Å². The lowest BCUT2D eigenvalue weighted by Gasteiger charge is -2.25. The molecule has 218 valence electrons. The van der Waals surface area contributed by atoms with E-state index in [9.17, 15) is 8.42 Å². The van der Waals surface area contributed by atoms with Crippen LogP contribution in [0.5, 0.6) is 11.5 Å². The van der Waals surface area contributed by atoms with Gasteiger partial charge in [0.05, 0.1) is 31.2 Å². The van der Waals surface area contributed by atoms with Crippen molar-refractivity contribution in [1.82, 2.24) is 24.7 Å². The van der Waals surface area contributed by atoms with Gasteiger partial charge in [-0.25, -0.2) is 18.4 Å². The second-order valence-corrected chi connectivity index (χ2v) is 13.3. The molecular formula is C28H39N5O6S. The number of benzene rings is 1. The van der Waals surface area contributed by atoms with Crippen LogP contribution in [0, 0.1) is 6.92 Å². The maximum absolute atomic E-state index is 14.0. The number of hydrogen-bond acceptors (Lipinski definition) is 10. The molecule has 1 fully saturated rings. The summed E-state index contributed by atoms with van der Waals surface area (Å²) < 4.78 is 53.3. The van der Waals surface area contributed by atoms with Gasteiger partial charge in [0.2, 0.25) is 0 Å². The van der Waals surface area contributed by atoms with Crippen molar-refractivity contribution in [2.24, 2.45) is 0 Å². The molecule has 0 aliphatic carbocycles. The van der Waals surface area contributed by atoms with E-state index in [1.54, 1.807) is 56.3 Å². The third-order valence-corrected chi connectivity index (χ3v) is 8.98. The number of aromatic nitrogens is 5. The highest BCUT2D eigenvalue weighted by molar-refractivity contribution is 7.91. The van der Waals surface area contributed by atoms with Gasteiger partial charge in [0.25, 0.3) is 0 Å². The SMILES string of the molecule is COc1cccc(OC)c1-n1c(CS(=O)(=O)[C@@H](C)[C@@H](OC(C)C)c2ncc(C)cn2)nnc1[C@@H]1CCC(C)(C)O1. The van der Waals surface area contributed by atoms with Gasteiger partial charge in [0.15, 0.2) is 27.3 Å². The summed E-state index contributed by atoms with van der Waals surface area (Å²) >= 11 is 0. The zero-order valence-electron chi connectivity index (χ0n) is 24.4. The highest BCUT2D eigenvalue weighted by Crippen LogP contribution is 2.42. The molecule has 11 nitrogen and oxygen atoms in total. The lowest BCUT2D eigenvalue weighted by molar-refractivity contribution is -0.0207. The Hall–Kier alpha value is -3.09. The molecule has 3 atom stereocenters. The average Bonchev–Trinajstić information content (AvgIpc) is 3.48. The molecule has 1 aliphatic heterocycles. The smallest absolute Gasteiger partial charge is 0.167 e. The molecule has 3 aromatic rings. The van der Waals surface area contributed by atoms with Crippen molar-refractivity contribution in [3.05, 3.63) is 53.6 Å². The normalized spacial score (nSPS) is 18.6. The van der Waals surface area contributed by atoms with Gasteiger partial charge < -0.3 is 18.9 Å². The molecule has 0 radical (unpaired) electrons. The van der Waals surface area contributed by atoms with Crippen molar-refractivity contribution < 1.29 is 27.4 Å². The van der Waals surface area contributed by atoms with E-state index in [2.05, 4.69) is 20.2 Å². The van der Waals surface area contributed by atoms with E-state index in [1.165, 1.54) is 0 Å². The van der Waals surface area contributed by atoms with Crippen LogP contribution in [0.4, 0.5) is 0 Å². The summed E-state index contributed by atoms with van der Waals surface area (Å²) in [6.07, 6.45) is 3.33. The van der Waals surface area contributed by atoms with Crippen LogP contribution in [0.15, 0.2) is 30.6 Å². The van der Waals surface area contributed by atoms with E-state index in [-0.39, 0.29) is 23.6 Å². The van der Waals surface area contributed by atoms with Crippen molar-refractivity contribution in [2.45, 2.75) is 89.3 Å². The highest BCUT2D eigenvalue weighted by atomic mass is 32.2. The first kappa shape index (κ1) is 29.9. The average molecular weight is 574 g/mol. The first-order chi connectivity index (χ1) is 18.9. The molecule has 2 aromatic heterocycles. The molecule has 0 saturated carbocycles. The minimum absolute atomic E-state index is 0.214. The molecule has 0 spiro atoms. The Kier molecular flexibility index (Phi) is 8.81. The zero-order chi connectivity index (χ0) is 29.2. The van der Waals surface area contributed by atoms with E-state index in [1.807, 2.05) is 34.6 Å². The van der Waals surface area contributed by atoms with E-state index in [0.29, 0.717) is 35.3 Å². The number of rotatable bonds is 11. The van der Waals surface area contributed by atoms with Crippen molar-refractivity contribution in [3.63, 3.8) is 0 Å². The molecular weight excluding hydrogens is 534 g/mol. The van der Waals surface area contributed by atoms with Crippen LogP contribution in [0.25, 0.3) is 5.69 Å². The summed E-state index contributed by atoms with van der Waals surface area (Å²) in [6.45, 7) is 11.2. The second-order valence-electron chi connectivity index (χ2n) is 11.0. The van der Waals surface area contributed by atoms with Crippen LogP contribution in [-0.2, 0) is 25.1 Å². The Morgan fingerprint density at radius 2 is 1.70 bits per heavy atom. The van der Waals surface area contributed by atoms with Crippen LogP contribution in [0.1, 0.15) is 82.7 Å². The third-order valence-electron chi connectivity index (χ3n) is 6.94. The summed E-state index contributed by atoms with van der Waals surface area (Å²) in [5, 5.41) is 7.85. The molecule has 1 aromatic carbocycles. The molecule has 0 amide bonds. The van der Waals surface area contributed by atoms with Crippen molar-refractivity contribution in [1.29, 1.82) is 0 Å². The van der Waals surface area contributed by atoms with Gasteiger partial charge in [0, 0.05) is 12.4 Å². The summed E-state index contributed by atoms with van der Waals surface area (Å²) in [7, 11) is -0.776. The van der Waals surface area contributed by atoms with Crippen LogP contribution in [0.2, 0.25) is 0 Å². The summed E-state index contributed by atoms with van der Waals surface area (Å²) in [6, 6.07) is 5.36. The minimum Gasteiger partial charge on any atom is -0.494 e. The molecule has 4 rings (SSSR count). The minimum atomic E-state index is -3.87. The Morgan fingerprint density at radius 3 is 2.23 bits per heavy atom. The fourth-order valence-electron chi connectivity index (χ4n) is 4.82. The predicted octanol–water partition coefficient (Wildman–Crippen LogP) is 4.48. The van der Waals surface area contributed by atoms with Crippen LogP contribution in [-0.4, -0.2) is 64.3 Å². The molecule has 0 N–H and O–H groups in total. The fourth-order valence-corrected chi connectivity index (χ4v) is 6.19. The zero-order valence-corrected chi connectivity index (χ0v) is 25.2. The first-order valence-corrected chi connectivity index (χ1v) is 15.1. The molecule has 12 heteroatoms. The topological polar surface area (TPSA) is 128 Å². The molecule has 3 heterocycles. The molecule has 1 aliphatic rings. The van der Waals surface area contributed by atoms with Gasteiger partial charge >= 0.3 is 0 Å². The predicted molar refractivity (Wildman–Crippen MR) is 149 cm³/mol. The van der Waals surface area contributed by atoms with Crippen LogP contribution < -0.4 is 9.47 Å². The quantitative estimate of drug-likeness (QED) is 0.324. The summed E-state index contributed by atoms with van der Waals surface area (Å²) in [5.41, 5.74) is 1.03. The van der Waals surface area contributed by atoms with Crippen LogP contribution >= 0.6 is 0 Å². The second kappa shape index (κ2) is 11.8. The Morgan fingerprint density at radius 1 is 1.07 bits per heavy atom. The maximum Gasteiger partial charge on any atom is 0.167 e. The van der Waals surface area contributed by atoms with Gasteiger partial charge in [-0.15, -0.1) is 10.2 Å². The van der Waals surface area contributed by atoms with Crippen molar-refractivity contribution in [3.8, 4) is 17.2 Å². The van der Waals surface area contributed by atoms with Crippen molar-refractivity contribution in [2.75, 3.05) is 14.2 Å². The lowest BCUT2D eigenvalue weighted by Crippen LogP contribution is -2.32. The van der Waals surface area contributed by atoms with Crippen LogP contribution in [0.3, 0.4) is 0 Å². The van der Waals surface area contributed by atoms with Gasteiger partial charge in [-0.2, -0.15) is 0 Å². The van der Waals surface area contributed by atoms with Gasteiger partial charge in [-0.05, 0) is 72.1 Å². The fraction of sp³-hybridized carbons (Fsp3) is 0.571. The van der Waals surface area contributed by atoms with E-state index in [0.717, 1.165) is 12.0 Å². The molecule has 40 heavy (non-hydrogen) atoms. The first-order valence-electron chi connectivity index (χ1n) is 13.4. The molecule has 0 unspecified atom stereocenters. The van der Waals surface area contributed by atoms with E-state index in [4.69, 9.17) is 18.9 Å². The Labute approximate surface area is 236 Å². The standard InChI is InChI=1S/C28H39N5O6S/c1-17(2)38-25(26-29-14-18(3)15-30-26)19(4)40(34,35)16-23-31-32-27(22-12-13-28(5,6)39-22)33(23)24-20(36-7)10-9-11-21(24)37-8/h9-11,14-15,17,19,22,25H,12-13,16H2,1-8H3/t19-,22-,25+/m0/s1. The number of aryl methyl sites for hydroxylation is 1. The number of nitrogens with zero attached hydrogens (tertiary/aromatic N) is 5. The van der Waals surface area contributed by atoms with E-state index >= 15 is 0 Å². The Bertz CT molecular complexity index is 1400. The van der Waals surface area contributed by atoms with Crippen molar-refractivity contribution >= 4 is 9.84 Å². The molecule has 1 saturated heterocycles. The lowest BCUT2D eigenvalue weighted by atomic mass is 10.1. The number of methoxy groups -OCH3 is 2. The number of hydrogen-bond donors (Lipinski definition) is 0. The number of para-hydroxylation sites is 1. The van der Waals surface area contributed by atoms with Gasteiger partial charge in [0.1, 0.15) is 35.1 Å². The number of ether oxygens (including phenoxy) is 4. The highest BCUT2D eigenvalue weighted by Gasteiger charge is 2.39. The Balaban J connectivity index is 1.80. The summed E-state index contributed by atoms with van der Waals surface area (Å²) in [4.78, 5) is 8.74. The van der Waals surface area contributed by atoms with Gasteiger partial charge in [-0.1, -0.05) is 6.07 Å².